The molecule has 0 aliphatic carbocycles. The predicted octanol–water partition coefficient (Wildman–Crippen LogP) is 7.87. The fourth-order valence-corrected chi connectivity index (χ4v) is 6.74. The lowest BCUT2D eigenvalue weighted by Gasteiger charge is -2.45. The van der Waals surface area contributed by atoms with Crippen LogP contribution in [0.3, 0.4) is 0 Å². The molecule has 4 rings (SSSR count). The second kappa shape index (κ2) is 12.6. The van der Waals surface area contributed by atoms with E-state index >= 15 is 0 Å². The predicted molar refractivity (Wildman–Crippen MR) is 167 cm³/mol. The molecule has 0 atom stereocenters. The van der Waals surface area contributed by atoms with E-state index in [0.29, 0.717) is 30.7 Å². The minimum atomic E-state index is -3.98. The van der Waals surface area contributed by atoms with Crippen LogP contribution < -0.4 is 0 Å². The molecular weight excluding hydrogens is 514 g/mol. The molecule has 3 aromatic rings. The molecule has 0 saturated carbocycles. The summed E-state index contributed by atoms with van der Waals surface area (Å²) in [5.41, 5.74) is 9.24. The highest BCUT2D eigenvalue weighted by molar-refractivity contribution is 7.85. The molecule has 1 aliphatic heterocycles. The van der Waals surface area contributed by atoms with Crippen LogP contribution in [-0.2, 0) is 34.9 Å². The van der Waals surface area contributed by atoms with Crippen molar-refractivity contribution in [2.75, 3.05) is 18.8 Å². The maximum absolute atomic E-state index is 11.5. The lowest BCUT2D eigenvalue weighted by Crippen LogP contribution is -2.49. The number of fused-ring (bicyclic) bond motifs is 1. The van der Waals surface area contributed by atoms with Crippen molar-refractivity contribution in [2.24, 2.45) is 0 Å². The summed E-state index contributed by atoms with van der Waals surface area (Å²) in [6, 6.07) is 25.3. The maximum Gasteiger partial charge on any atom is 0.264 e. The minimum absolute atomic E-state index is 0.167. The van der Waals surface area contributed by atoms with Crippen molar-refractivity contribution < 1.29 is 13.0 Å². The second-order valence-corrected chi connectivity index (χ2v) is 14.4. The average molecular weight is 562 g/mol. The van der Waals surface area contributed by atoms with Gasteiger partial charge in [0.25, 0.3) is 10.1 Å². The van der Waals surface area contributed by atoms with Crippen LogP contribution in [0.5, 0.6) is 0 Å². The molecule has 5 heteroatoms. The SMILES string of the molecule is CC(C)c1ccc(CC2(Cc3ccc(C(C)C)cc3)CN(CCCS(=O)(=O)O)Cc3cc(C(C)C)ccc32)cc1. The average Bonchev–Trinajstić information content (AvgIpc) is 2.88. The lowest BCUT2D eigenvalue weighted by atomic mass is 9.67. The first-order valence-electron chi connectivity index (χ1n) is 14.8. The Morgan fingerprint density at radius 2 is 1.23 bits per heavy atom. The van der Waals surface area contributed by atoms with Crippen LogP contribution in [0.25, 0.3) is 0 Å². The minimum Gasteiger partial charge on any atom is -0.298 e. The van der Waals surface area contributed by atoms with Crippen LogP contribution in [0.2, 0.25) is 0 Å². The van der Waals surface area contributed by atoms with E-state index in [-0.39, 0.29) is 11.2 Å². The fraction of sp³-hybridized carbons (Fsp3) is 0.486. The Kier molecular flexibility index (Phi) is 9.59. The highest BCUT2D eigenvalue weighted by Gasteiger charge is 2.40. The second-order valence-electron chi connectivity index (χ2n) is 12.8. The molecule has 4 nitrogen and oxygen atoms in total. The lowest BCUT2D eigenvalue weighted by molar-refractivity contribution is 0.172. The standard InChI is InChI=1S/C35H47NO3S/c1-25(2)30-12-8-28(9-13-30)21-35(22-29-10-14-31(15-11-29)26(3)4)24-36(18-7-19-40(37,38)39)23-33-20-32(27(5)6)16-17-34(33)35/h8-17,20,25-27H,7,18-19,21-24H2,1-6H3,(H,37,38,39). The monoisotopic (exact) mass is 561 g/mol. The van der Waals surface area contributed by atoms with Crippen LogP contribution in [-0.4, -0.2) is 36.7 Å². The molecule has 0 bridgehead atoms. The summed E-state index contributed by atoms with van der Waals surface area (Å²) in [5.74, 6) is 1.21. The van der Waals surface area contributed by atoms with Gasteiger partial charge in [-0.25, -0.2) is 0 Å². The first-order chi connectivity index (χ1) is 18.8. The summed E-state index contributed by atoms with van der Waals surface area (Å²) in [6.07, 6.45) is 2.22. The van der Waals surface area contributed by atoms with Crippen molar-refractivity contribution >= 4 is 10.1 Å². The highest BCUT2D eigenvalue weighted by Crippen LogP contribution is 2.41. The van der Waals surface area contributed by atoms with E-state index in [1.54, 1.807) is 0 Å². The quantitative estimate of drug-likeness (QED) is 0.242. The molecule has 1 N–H and O–H groups in total. The Hall–Kier alpha value is -2.47. The molecule has 40 heavy (non-hydrogen) atoms. The van der Waals surface area contributed by atoms with Gasteiger partial charge in [-0.05, 0) is 82.5 Å². The molecule has 0 amide bonds. The van der Waals surface area contributed by atoms with Gasteiger partial charge in [0.1, 0.15) is 0 Å². The van der Waals surface area contributed by atoms with E-state index in [2.05, 4.69) is 113 Å². The highest BCUT2D eigenvalue weighted by atomic mass is 32.2. The van der Waals surface area contributed by atoms with Gasteiger partial charge >= 0.3 is 0 Å². The Morgan fingerprint density at radius 3 is 1.68 bits per heavy atom. The summed E-state index contributed by atoms with van der Waals surface area (Å²) in [7, 11) is -3.98. The van der Waals surface area contributed by atoms with Crippen molar-refractivity contribution in [2.45, 2.75) is 90.5 Å². The number of hydrogen-bond donors (Lipinski definition) is 1. The van der Waals surface area contributed by atoms with Crippen LogP contribution in [0, 0.1) is 0 Å². The molecular formula is C35H47NO3S. The largest absolute Gasteiger partial charge is 0.298 e. The molecule has 0 spiro atoms. The van der Waals surface area contributed by atoms with E-state index < -0.39 is 10.1 Å². The molecule has 216 valence electrons. The zero-order valence-corrected chi connectivity index (χ0v) is 26.0. The smallest absolute Gasteiger partial charge is 0.264 e. The summed E-state index contributed by atoms with van der Waals surface area (Å²) in [4.78, 5) is 2.41. The van der Waals surface area contributed by atoms with Gasteiger partial charge in [-0.15, -0.1) is 0 Å². The van der Waals surface area contributed by atoms with Crippen LogP contribution in [0.15, 0.2) is 66.7 Å². The summed E-state index contributed by atoms with van der Waals surface area (Å²) in [5, 5.41) is 0. The Bertz CT molecular complexity index is 1320. The van der Waals surface area contributed by atoms with Crippen LogP contribution in [0.1, 0.15) is 105 Å². The van der Waals surface area contributed by atoms with Gasteiger partial charge < -0.3 is 0 Å². The van der Waals surface area contributed by atoms with Gasteiger partial charge in [-0.3, -0.25) is 9.45 Å². The van der Waals surface area contributed by atoms with Crippen molar-refractivity contribution in [3.05, 3.63) is 106 Å². The molecule has 3 aromatic carbocycles. The first kappa shape index (κ1) is 30.5. The van der Waals surface area contributed by atoms with Gasteiger partial charge in [-0.2, -0.15) is 8.42 Å². The molecule has 0 fully saturated rings. The van der Waals surface area contributed by atoms with Crippen molar-refractivity contribution in [3.63, 3.8) is 0 Å². The zero-order chi connectivity index (χ0) is 29.1. The number of nitrogens with zero attached hydrogens (tertiary/aromatic N) is 1. The van der Waals surface area contributed by atoms with Gasteiger partial charge in [0.15, 0.2) is 0 Å². The summed E-state index contributed by atoms with van der Waals surface area (Å²) >= 11 is 0. The molecule has 1 aliphatic rings. The third-order valence-electron chi connectivity index (χ3n) is 8.54. The van der Waals surface area contributed by atoms with Gasteiger partial charge in [0.05, 0.1) is 5.75 Å². The first-order valence-corrected chi connectivity index (χ1v) is 16.4. The number of rotatable bonds is 11. The molecule has 0 saturated heterocycles. The summed E-state index contributed by atoms with van der Waals surface area (Å²) < 4.78 is 32.3. The fourth-order valence-electron chi connectivity index (χ4n) is 6.25. The normalized spacial score (nSPS) is 15.7. The van der Waals surface area contributed by atoms with E-state index in [9.17, 15) is 13.0 Å². The van der Waals surface area contributed by atoms with Gasteiger partial charge in [0.2, 0.25) is 0 Å². The van der Waals surface area contributed by atoms with Gasteiger partial charge in [-0.1, -0.05) is 108 Å². The van der Waals surface area contributed by atoms with E-state index in [0.717, 1.165) is 25.9 Å². The van der Waals surface area contributed by atoms with Crippen molar-refractivity contribution in [1.29, 1.82) is 0 Å². The maximum atomic E-state index is 11.5. The van der Waals surface area contributed by atoms with E-state index in [4.69, 9.17) is 0 Å². The molecule has 1 heterocycles. The Labute approximate surface area is 242 Å². The van der Waals surface area contributed by atoms with E-state index in [1.165, 1.54) is 38.9 Å². The molecule has 0 aromatic heterocycles. The van der Waals surface area contributed by atoms with Crippen molar-refractivity contribution in [1.82, 2.24) is 4.90 Å². The number of benzene rings is 3. The van der Waals surface area contributed by atoms with Crippen molar-refractivity contribution in [3.8, 4) is 0 Å². The van der Waals surface area contributed by atoms with E-state index in [1.807, 2.05) is 0 Å². The van der Waals surface area contributed by atoms with Crippen LogP contribution >= 0.6 is 0 Å². The zero-order valence-electron chi connectivity index (χ0n) is 25.2. The Morgan fingerprint density at radius 1 is 0.750 bits per heavy atom. The molecule has 0 radical (unpaired) electrons. The number of hydrogen-bond acceptors (Lipinski definition) is 3. The summed E-state index contributed by atoms with van der Waals surface area (Å²) in [6.45, 7) is 15.6. The third-order valence-corrected chi connectivity index (χ3v) is 9.35. The molecule has 0 unspecified atom stereocenters. The van der Waals surface area contributed by atoms with Gasteiger partial charge in [0, 0.05) is 18.5 Å². The third kappa shape index (κ3) is 7.63. The van der Waals surface area contributed by atoms with Crippen LogP contribution in [0.4, 0.5) is 0 Å². The Balaban J connectivity index is 1.78. The topological polar surface area (TPSA) is 57.6 Å².